The van der Waals surface area contributed by atoms with Gasteiger partial charge in [0.25, 0.3) is 0 Å². The molecule has 18 heavy (non-hydrogen) atoms. The minimum Gasteiger partial charge on any atom is -0.383 e. The Morgan fingerprint density at radius 1 is 1.11 bits per heavy atom. The van der Waals surface area contributed by atoms with Crippen molar-refractivity contribution in [1.29, 1.82) is 0 Å². The molecular formula is C16H21NO. The smallest absolute Gasteiger partial charge is 0.0657 e. The Morgan fingerprint density at radius 3 is 2.61 bits per heavy atom. The van der Waals surface area contributed by atoms with Crippen LogP contribution in [0.5, 0.6) is 0 Å². The Kier molecular flexibility index (Phi) is 4.73. The lowest BCUT2D eigenvalue weighted by Crippen LogP contribution is -2.25. The van der Waals surface area contributed by atoms with Crippen molar-refractivity contribution in [1.82, 2.24) is 5.32 Å². The van der Waals surface area contributed by atoms with Gasteiger partial charge in [0.2, 0.25) is 0 Å². The van der Waals surface area contributed by atoms with Crippen LogP contribution in [-0.4, -0.2) is 20.3 Å². The van der Waals surface area contributed by atoms with E-state index < -0.39 is 0 Å². The Hall–Kier alpha value is -1.38. The molecule has 2 aromatic rings. The molecule has 96 valence electrons. The van der Waals surface area contributed by atoms with E-state index in [9.17, 15) is 0 Å². The third-order valence-electron chi connectivity index (χ3n) is 3.15. The maximum atomic E-state index is 5.31. The molecule has 0 fully saturated rings. The molecule has 0 radical (unpaired) electrons. The fraction of sp³-hybridized carbons (Fsp3) is 0.375. The highest BCUT2D eigenvalue weighted by molar-refractivity contribution is 5.83. The van der Waals surface area contributed by atoms with Gasteiger partial charge in [-0.2, -0.15) is 0 Å². The van der Waals surface area contributed by atoms with Crippen LogP contribution in [0.2, 0.25) is 0 Å². The Bertz CT molecular complexity index is 495. The summed E-state index contributed by atoms with van der Waals surface area (Å²) in [6.45, 7) is 3.90. The molecule has 0 aliphatic carbocycles. The summed E-state index contributed by atoms with van der Waals surface area (Å²) in [7, 11) is 1.75. The summed E-state index contributed by atoms with van der Waals surface area (Å²) in [5.74, 6) is 0. The van der Waals surface area contributed by atoms with E-state index in [0.717, 1.165) is 13.0 Å². The van der Waals surface area contributed by atoms with Crippen LogP contribution in [0.1, 0.15) is 24.9 Å². The zero-order valence-corrected chi connectivity index (χ0v) is 11.1. The van der Waals surface area contributed by atoms with Gasteiger partial charge in [0.1, 0.15) is 0 Å². The Labute approximate surface area is 109 Å². The number of ether oxygens (including phenoxy) is 1. The lowest BCUT2D eigenvalue weighted by atomic mass is 10.0. The van der Waals surface area contributed by atoms with E-state index in [1.807, 2.05) is 0 Å². The highest BCUT2D eigenvalue weighted by Gasteiger charge is 2.10. The molecule has 0 heterocycles. The third-order valence-corrected chi connectivity index (χ3v) is 3.15. The van der Waals surface area contributed by atoms with E-state index in [-0.39, 0.29) is 6.04 Å². The first-order valence-corrected chi connectivity index (χ1v) is 6.56. The fourth-order valence-electron chi connectivity index (χ4n) is 2.18. The van der Waals surface area contributed by atoms with Gasteiger partial charge in [-0.15, -0.1) is 0 Å². The van der Waals surface area contributed by atoms with Crippen molar-refractivity contribution in [2.75, 3.05) is 20.3 Å². The first-order valence-electron chi connectivity index (χ1n) is 6.56. The van der Waals surface area contributed by atoms with Crippen molar-refractivity contribution in [2.24, 2.45) is 0 Å². The summed E-state index contributed by atoms with van der Waals surface area (Å²) in [5.41, 5.74) is 1.30. The normalized spacial score (nSPS) is 12.8. The molecule has 2 aromatic carbocycles. The van der Waals surface area contributed by atoms with E-state index in [1.165, 1.54) is 16.3 Å². The standard InChI is InChI=1S/C16H21NO/c1-3-10-17-16(12-18-2)15-9-8-13-6-4-5-7-14(13)11-15/h4-9,11,16-17H,3,10,12H2,1-2H3. The summed E-state index contributed by atoms with van der Waals surface area (Å²) in [6, 6.07) is 15.4. The number of fused-ring (bicyclic) bond motifs is 1. The number of hydrogen-bond donors (Lipinski definition) is 1. The summed E-state index contributed by atoms with van der Waals surface area (Å²) in [6.07, 6.45) is 1.13. The fourth-order valence-corrected chi connectivity index (χ4v) is 2.18. The van der Waals surface area contributed by atoms with Gasteiger partial charge in [-0.05, 0) is 35.4 Å². The van der Waals surface area contributed by atoms with Crippen molar-refractivity contribution in [3.05, 3.63) is 48.0 Å². The number of hydrogen-bond acceptors (Lipinski definition) is 2. The topological polar surface area (TPSA) is 21.3 Å². The van der Waals surface area contributed by atoms with Gasteiger partial charge < -0.3 is 10.1 Å². The van der Waals surface area contributed by atoms with Gasteiger partial charge in [0.15, 0.2) is 0 Å². The first-order chi connectivity index (χ1) is 8.85. The first kappa shape index (κ1) is 13.1. The quantitative estimate of drug-likeness (QED) is 0.838. The largest absolute Gasteiger partial charge is 0.383 e. The van der Waals surface area contributed by atoms with Gasteiger partial charge in [0, 0.05) is 7.11 Å². The van der Waals surface area contributed by atoms with Crippen LogP contribution in [0.4, 0.5) is 0 Å². The minimum atomic E-state index is 0.277. The third kappa shape index (κ3) is 3.09. The highest BCUT2D eigenvalue weighted by atomic mass is 16.5. The Balaban J connectivity index is 2.25. The second-order valence-electron chi connectivity index (χ2n) is 4.57. The summed E-state index contributed by atoms with van der Waals surface area (Å²) < 4.78 is 5.31. The maximum Gasteiger partial charge on any atom is 0.0657 e. The SMILES string of the molecule is CCCNC(COC)c1ccc2ccccc2c1. The minimum absolute atomic E-state index is 0.277. The monoisotopic (exact) mass is 243 g/mol. The molecule has 0 saturated carbocycles. The van der Waals surface area contributed by atoms with Crippen molar-refractivity contribution >= 4 is 10.8 Å². The van der Waals surface area contributed by atoms with Crippen LogP contribution in [0.15, 0.2) is 42.5 Å². The predicted molar refractivity (Wildman–Crippen MR) is 76.9 cm³/mol. The number of rotatable bonds is 6. The molecule has 1 N–H and O–H groups in total. The molecular weight excluding hydrogens is 222 g/mol. The zero-order valence-electron chi connectivity index (χ0n) is 11.1. The van der Waals surface area contributed by atoms with Crippen LogP contribution in [0.3, 0.4) is 0 Å². The zero-order chi connectivity index (χ0) is 12.8. The molecule has 2 rings (SSSR count). The Morgan fingerprint density at radius 2 is 1.89 bits per heavy atom. The van der Waals surface area contributed by atoms with Gasteiger partial charge >= 0.3 is 0 Å². The van der Waals surface area contributed by atoms with Crippen molar-refractivity contribution < 1.29 is 4.74 Å². The molecule has 2 nitrogen and oxygen atoms in total. The van der Waals surface area contributed by atoms with E-state index in [4.69, 9.17) is 4.74 Å². The second kappa shape index (κ2) is 6.53. The van der Waals surface area contributed by atoms with E-state index in [2.05, 4.69) is 54.7 Å². The van der Waals surface area contributed by atoms with Crippen molar-refractivity contribution in [3.63, 3.8) is 0 Å². The van der Waals surface area contributed by atoms with Gasteiger partial charge in [-0.3, -0.25) is 0 Å². The molecule has 1 atom stereocenters. The van der Waals surface area contributed by atoms with E-state index in [0.29, 0.717) is 6.61 Å². The van der Waals surface area contributed by atoms with Crippen LogP contribution >= 0.6 is 0 Å². The van der Waals surface area contributed by atoms with E-state index >= 15 is 0 Å². The maximum absolute atomic E-state index is 5.31. The lowest BCUT2D eigenvalue weighted by molar-refractivity contribution is 0.167. The van der Waals surface area contributed by atoms with Gasteiger partial charge in [-0.25, -0.2) is 0 Å². The average Bonchev–Trinajstić information content (AvgIpc) is 2.43. The van der Waals surface area contributed by atoms with Crippen LogP contribution in [-0.2, 0) is 4.74 Å². The molecule has 2 heteroatoms. The van der Waals surface area contributed by atoms with Gasteiger partial charge in [-0.1, -0.05) is 43.3 Å². The second-order valence-corrected chi connectivity index (χ2v) is 4.57. The van der Waals surface area contributed by atoms with E-state index in [1.54, 1.807) is 7.11 Å². The molecule has 0 aromatic heterocycles. The number of nitrogens with one attached hydrogen (secondary N) is 1. The number of benzene rings is 2. The molecule has 1 unspecified atom stereocenters. The summed E-state index contributed by atoms with van der Waals surface area (Å²) >= 11 is 0. The molecule has 0 aliphatic heterocycles. The van der Waals surface area contributed by atoms with Gasteiger partial charge in [0.05, 0.1) is 12.6 Å². The molecule has 0 saturated heterocycles. The van der Waals surface area contributed by atoms with Crippen molar-refractivity contribution in [3.8, 4) is 0 Å². The van der Waals surface area contributed by atoms with Crippen LogP contribution in [0, 0.1) is 0 Å². The summed E-state index contributed by atoms with van der Waals surface area (Å²) in [5, 5.41) is 6.10. The highest BCUT2D eigenvalue weighted by Crippen LogP contribution is 2.20. The lowest BCUT2D eigenvalue weighted by Gasteiger charge is -2.18. The van der Waals surface area contributed by atoms with Crippen molar-refractivity contribution in [2.45, 2.75) is 19.4 Å². The molecule has 0 amide bonds. The number of methoxy groups -OCH3 is 1. The average molecular weight is 243 g/mol. The summed E-state index contributed by atoms with van der Waals surface area (Å²) in [4.78, 5) is 0. The molecule has 0 spiro atoms. The van der Waals surface area contributed by atoms with Crippen LogP contribution < -0.4 is 5.32 Å². The molecule has 0 aliphatic rings. The predicted octanol–water partition coefficient (Wildman–Crippen LogP) is 3.53. The molecule has 0 bridgehead atoms. The van der Waals surface area contributed by atoms with Crippen LogP contribution in [0.25, 0.3) is 10.8 Å².